The molecule has 0 spiro atoms. The van der Waals surface area contributed by atoms with E-state index in [1.54, 1.807) is 0 Å². The van der Waals surface area contributed by atoms with Crippen LogP contribution in [0.2, 0.25) is 0 Å². The van der Waals surface area contributed by atoms with E-state index in [0.717, 1.165) is 12.8 Å². The molecule has 15 heavy (non-hydrogen) atoms. The lowest BCUT2D eigenvalue weighted by Crippen LogP contribution is -2.29. The van der Waals surface area contributed by atoms with Crippen molar-refractivity contribution in [1.29, 1.82) is 0 Å². The summed E-state index contributed by atoms with van der Waals surface area (Å²) >= 11 is 0. The van der Waals surface area contributed by atoms with Crippen molar-refractivity contribution < 1.29 is 4.74 Å². The van der Waals surface area contributed by atoms with Gasteiger partial charge >= 0.3 is 0 Å². The van der Waals surface area contributed by atoms with Crippen LogP contribution in [0, 0.1) is 0 Å². The van der Waals surface area contributed by atoms with Gasteiger partial charge in [-0.15, -0.1) is 0 Å². The topological polar surface area (TPSA) is 39.1 Å². The number of nitrogens with one attached hydrogen (secondary N) is 1. The highest BCUT2D eigenvalue weighted by Gasteiger charge is 2.30. The molecule has 0 radical (unpaired) electrons. The summed E-state index contributed by atoms with van der Waals surface area (Å²) in [4.78, 5) is 0. The number of hydrogen-bond donors (Lipinski definition) is 1. The molecular weight excluding hydrogens is 190 g/mol. The molecule has 0 saturated carbocycles. The van der Waals surface area contributed by atoms with Crippen LogP contribution in [0.4, 0.5) is 0 Å². The number of aryl methyl sites for hydroxylation is 1. The van der Waals surface area contributed by atoms with E-state index in [4.69, 9.17) is 4.74 Å². The average molecular weight is 209 g/mol. The third kappa shape index (κ3) is 2.21. The van der Waals surface area contributed by atoms with Gasteiger partial charge in [-0.3, -0.25) is 4.68 Å². The van der Waals surface area contributed by atoms with Crippen LogP contribution in [0.1, 0.15) is 31.4 Å². The van der Waals surface area contributed by atoms with E-state index in [-0.39, 0.29) is 12.1 Å². The van der Waals surface area contributed by atoms with Crippen molar-refractivity contribution in [3.05, 3.63) is 18.0 Å². The van der Waals surface area contributed by atoms with Gasteiger partial charge in [0.25, 0.3) is 0 Å². The standard InChI is InChI=1S/C11H19N3O/c1-8-4-5-10(15-8)11(12-2)9-6-13-14(3)7-9/h6-8,10-12H,4-5H2,1-3H3. The maximum atomic E-state index is 5.88. The third-order valence-electron chi connectivity index (χ3n) is 3.03. The molecule has 0 aliphatic carbocycles. The first kappa shape index (κ1) is 10.6. The molecule has 3 atom stereocenters. The molecule has 2 rings (SSSR count). The fourth-order valence-electron chi connectivity index (χ4n) is 2.25. The Hall–Kier alpha value is -0.870. The smallest absolute Gasteiger partial charge is 0.0775 e. The molecule has 4 heteroatoms. The van der Waals surface area contributed by atoms with Gasteiger partial charge in [0, 0.05) is 18.8 Å². The second-order valence-corrected chi connectivity index (χ2v) is 4.28. The van der Waals surface area contributed by atoms with Gasteiger partial charge in [0.1, 0.15) is 0 Å². The maximum Gasteiger partial charge on any atom is 0.0775 e. The highest BCUT2D eigenvalue weighted by molar-refractivity contribution is 5.12. The summed E-state index contributed by atoms with van der Waals surface area (Å²) in [5.41, 5.74) is 1.21. The predicted molar refractivity (Wildman–Crippen MR) is 58.6 cm³/mol. The van der Waals surface area contributed by atoms with Crippen molar-refractivity contribution in [3.8, 4) is 0 Å². The van der Waals surface area contributed by atoms with Crippen LogP contribution in [0.3, 0.4) is 0 Å². The largest absolute Gasteiger partial charge is 0.373 e. The van der Waals surface area contributed by atoms with Gasteiger partial charge in [-0.05, 0) is 26.8 Å². The number of nitrogens with zero attached hydrogens (tertiary/aromatic N) is 2. The van der Waals surface area contributed by atoms with Crippen LogP contribution in [0.5, 0.6) is 0 Å². The molecule has 3 unspecified atom stereocenters. The number of rotatable bonds is 3. The van der Waals surface area contributed by atoms with Crippen molar-refractivity contribution in [2.45, 2.75) is 38.0 Å². The summed E-state index contributed by atoms with van der Waals surface area (Å²) in [6, 6.07) is 0.267. The normalized spacial score (nSPS) is 28.2. The molecule has 1 aromatic rings. The Balaban J connectivity index is 2.10. The first-order chi connectivity index (χ1) is 7.20. The van der Waals surface area contributed by atoms with Crippen molar-refractivity contribution in [3.63, 3.8) is 0 Å². The Morgan fingerprint density at radius 2 is 2.40 bits per heavy atom. The van der Waals surface area contributed by atoms with Gasteiger partial charge in [0.15, 0.2) is 0 Å². The van der Waals surface area contributed by atoms with Gasteiger partial charge in [-0.2, -0.15) is 5.10 Å². The summed E-state index contributed by atoms with van der Waals surface area (Å²) in [6.45, 7) is 2.13. The SMILES string of the molecule is CNC(c1cnn(C)c1)C1CCC(C)O1. The van der Waals surface area contributed by atoms with Gasteiger partial charge in [-0.25, -0.2) is 0 Å². The first-order valence-corrected chi connectivity index (χ1v) is 5.52. The second kappa shape index (κ2) is 4.33. The number of hydrogen-bond acceptors (Lipinski definition) is 3. The molecule has 4 nitrogen and oxygen atoms in total. The minimum atomic E-state index is 0.267. The number of likely N-dealkylation sites (N-methyl/N-ethyl adjacent to an activating group) is 1. The Morgan fingerprint density at radius 1 is 1.60 bits per heavy atom. The first-order valence-electron chi connectivity index (χ1n) is 5.52. The van der Waals surface area contributed by atoms with Crippen LogP contribution < -0.4 is 5.32 Å². The number of aromatic nitrogens is 2. The Morgan fingerprint density at radius 3 is 2.87 bits per heavy atom. The summed E-state index contributed by atoms with van der Waals surface area (Å²) < 4.78 is 7.71. The summed E-state index contributed by atoms with van der Waals surface area (Å²) in [5, 5.41) is 7.51. The quantitative estimate of drug-likeness (QED) is 0.814. The minimum Gasteiger partial charge on any atom is -0.373 e. The van der Waals surface area contributed by atoms with E-state index in [1.807, 2.05) is 31.2 Å². The molecule has 1 aliphatic rings. The fraction of sp³-hybridized carbons (Fsp3) is 0.727. The van der Waals surface area contributed by atoms with Crippen molar-refractivity contribution in [2.75, 3.05) is 7.05 Å². The lowest BCUT2D eigenvalue weighted by Gasteiger charge is -2.21. The number of ether oxygens (including phenoxy) is 1. The lowest BCUT2D eigenvalue weighted by molar-refractivity contribution is 0.0333. The molecule has 1 fully saturated rings. The summed E-state index contributed by atoms with van der Waals surface area (Å²) in [6.07, 6.45) is 6.92. The molecule has 1 aromatic heterocycles. The Bertz CT molecular complexity index is 323. The van der Waals surface area contributed by atoms with E-state index in [9.17, 15) is 0 Å². The lowest BCUT2D eigenvalue weighted by atomic mass is 10.0. The second-order valence-electron chi connectivity index (χ2n) is 4.28. The Kier molecular flexibility index (Phi) is 3.07. The predicted octanol–water partition coefficient (Wildman–Crippen LogP) is 1.25. The molecule has 84 valence electrons. The van der Waals surface area contributed by atoms with Crippen LogP contribution >= 0.6 is 0 Å². The Labute approximate surface area is 90.6 Å². The zero-order valence-corrected chi connectivity index (χ0v) is 9.60. The van der Waals surface area contributed by atoms with Crippen molar-refractivity contribution >= 4 is 0 Å². The van der Waals surface area contributed by atoms with E-state index in [2.05, 4.69) is 17.3 Å². The van der Waals surface area contributed by atoms with Gasteiger partial charge < -0.3 is 10.1 Å². The molecule has 1 saturated heterocycles. The van der Waals surface area contributed by atoms with Gasteiger partial charge in [0.05, 0.1) is 24.4 Å². The van der Waals surface area contributed by atoms with Crippen LogP contribution in [-0.2, 0) is 11.8 Å². The maximum absolute atomic E-state index is 5.88. The molecule has 0 bridgehead atoms. The molecule has 0 amide bonds. The molecule has 1 N–H and O–H groups in total. The van der Waals surface area contributed by atoms with Gasteiger partial charge in [0.2, 0.25) is 0 Å². The molecular formula is C11H19N3O. The third-order valence-corrected chi connectivity index (χ3v) is 3.03. The van der Waals surface area contributed by atoms with E-state index >= 15 is 0 Å². The molecule has 2 heterocycles. The van der Waals surface area contributed by atoms with Crippen LogP contribution in [0.15, 0.2) is 12.4 Å². The van der Waals surface area contributed by atoms with E-state index < -0.39 is 0 Å². The van der Waals surface area contributed by atoms with E-state index in [1.165, 1.54) is 5.56 Å². The molecule has 0 aromatic carbocycles. The zero-order chi connectivity index (χ0) is 10.8. The van der Waals surface area contributed by atoms with Crippen LogP contribution in [-0.4, -0.2) is 29.0 Å². The molecule has 1 aliphatic heterocycles. The minimum absolute atomic E-state index is 0.267. The van der Waals surface area contributed by atoms with E-state index in [0.29, 0.717) is 6.10 Å². The highest BCUT2D eigenvalue weighted by atomic mass is 16.5. The van der Waals surface area contributed by atoms with Crippen molar-refractivity contribution in [1.82, 2.24) is 15.1 Å². The fourth-order valence-corrected chi connectivity index (χ4v) is 2.25. The highest BCUT2D eigenvalue weighted by Crippen LogP contribution is 2.29. The zero-order valence-electron chi connectivity index (χ0n) is 9.60. The monoisotopic (exact) mass is 209 g/mol. The average Bonchev–Trinajstić information content (AvgIpc) is 2.78. The van der Waals surface area contributed by atoms with Crippen molar-refractivity contribution in [2.24, 2.45) is 7.05 Å². The summed E-state index contributed by atoms with van der Waals surface area (Å²) in [5.74, 6) is 0. The van der Waals surface area contributed by atoms with Crippen LogP contribution in [0.25, 0.3) is 0 Å². The summed E-state index contributed by atoms with van der Waals surface area (Å²) in [7, 11) is 3.92. The van der Waals surface area contributed by atoms with Gasteiger partial charge in [-0.1, -0.05) is 0 Å².